The fourth-order valence-electron chi connectivity index (χ4n) is 2.19. The minimum Gasteiger partial charge on any atom is -0.381 e. The molecule has 1 amide bonds. The van der Waals surface area contributed by atoms with Crippen molar-refractivity contribution in [2.75, 3.05) is 18.5 Å². The summed E-state index contributed by atoms with van der Waals surface area (Å²) in [5.74, 6) is 0.763. The summed E-state index contributed by atoms with van der Waals surface area (Å²) in [6.45, 7) is 4.08. The highest BCUT2D eigenvalue weighted by atomic mass is 35.5. The predicted molar refractivity (Wildman–Crippen MR) is 75.3 cm³/mol. The van der Waals surface area contributed by atoms with E-state index in [1.165, 1.54) is 0 Å². The molecule has 7 heteroatoms. The SMILES string of the molecule is CCn1nccc1NC(=O)C(N)C1CCOCC1.Cl. The third-order valence-corrected chi connectivity index (χ3v) is 3.34. The number of aromatic nitrogens is 2. The van der Waals surface area contributed by atoms with Gasteiger partial charge in [-0.25, -0.2) is 4.68 Å². The van der Waals surface area contributed by atoms with Gasteiger partial charge < -0.3 is 15.8 Å². The maximum absolute atomic E-state index is 12.1. The van der Waals surface area contributed by atoms with Crippen LogP contribution in [0.2, 0.25) is 0 Å². The monoisotopic (exact) mass is 288 g/mol. The number of ether oxygens (including phenoxy) is 1. The van der Waals surface area contributed by atoms with Gasteiger partial charge in [-0.15, -0.1) is 12.4 Å². The van der Waals surface area contributed by atoms with Gasteiger partial charge in [-0.1, -0.05) is 0 Å². The molecule has 108 valence electrons. The van der Waals surface area contributed by atoms with E-state index in [-0.39, 0.29) is 24.2 Å². The number of rotatable bonds is 4. The van der Waals surface area contributed by atoms with Gasteiger partial charge in [0.05, 0.1) is 12.2 Å². The number of anilines is 1. The van der Waals surface area contributed by atoms with Crippen LogP contribution in [0.15, 0.2) is 12.3 Å². The lowest BCUT2D eigenvalue weighted by molar-refractivity contribution is -0.119. The summed E-state index contributed by atoms with van der Waals surface area (Å²) in [6.07, 6.45) is 3.36. The molecule has 0 radical (unpaired) electrons. The van der Waals surface area contributed by atoms with Gasteiger partial charge in [-0.2, -0.15) is 5.10 Å². The number of nitrogens with two attached hydrogens (primary N) is 1. The molecule has 0 spiro atoms. The zero-order valence-electron chi connectivity index (χ0n) is 11.0. The van der Waals surface area contributed by atoms with Crippen LogP contribution in [0.5, 0.6) is 0 Å². The standard InChI is InChI=1S/C12H20N4O2.ClH/c1-2-16-10(3-6-14-16)15-12(17)11(13)9-4-7-18-8-5-9;/h3,6,9,11H,2,4-5,7-8,13H2,1H3,(H,15,17);1H. The minimum absolute atomic E-state index is 0. The Kier molecular flexibility index (Phi) is 6.27. The molecule has 1 saturated heterocycles. The van der Waals surface area contributed by atoms with Crippen molar-refractivity contribution in [2.24, 2.45) is 11.7 Å². The molecule has 1 aromatic heterocycles. The van der Waals surface area contributed by atoms with Crippen LogP contribution in [-0.2, 0) is 16.1 Å². The lowest BCUT2D eigenvalue weighted by atomic mass is 9.92. The van der Waals surface area contributed by atoms with Crippen molar-refractivity contribution >= 4 is 24.1 Å². The molecule has 3 N–H and O–H groups in total. The van der Waals surface area contributed by atoms with Crippen LogP contribution in [0.25, 0.3) is 0 Å². The highest BCUT2D eigenvalue weighted by Crippen LogP contribution is 2.18. The highest BCUT2D eigenvalue weighted by Gasteiger charge is 2.26. The van der Waals surface area contributed by atoms with Crippen molar-refractivity contribution in [2.45, 2.75) is 32.4 Å². The number of carbonyl (C=O) groups excluding carboxylic acids is 1. The largest absolute Gasteiger partial charge is 0.381 e. The normalized spacial score (nSPS) is 17.6. The number of halogens is 1. The number of nitrogens with one attached hydrogen (secondary N) is 1. The molecular weight excluding hydrogens is 268 g/mol. The van der Waals surface area contributed by atoms with E-state index in [4.69, 9.17) is 10.5 Å². The van der Waals surface area contributed by atoms with Crippen LogP contribution in [0, 0.1) is 5.92 Å². The zero-order chi connectivity index (χ0) is 13.0. The minimum atomic E-state index is -0.478. The molecule has 19 heavy (non-hydrogen) atoms. The topological polar surface area (TPSA) is 82.2 Å². The van der Waals surface area contributed by atoms with Crippen LogP contribution in [-0.4, -0.2) is 34.9 Å². The first-order valence-corrected chi connectivity index (χ1v) is 6.38. The van der Waals surface area contributed by atoms with E-state index in [2.05, 4.69) is 10.4 Å². The van der Waals surface area contributed by atoms with Crippen molar-refractivity contribution in [3.63, 3.8) is 0 Å². The molecule has 2 rings (SSSR count). The first-order chi connectivity index (χ1) is 8.72. The van der Waals surface area contributed by atoms with Gasteiger partial charge in [0.15, 0.2) is 0 Å². The second-order valence-electron chi connectivity index (χ2n) is 4.50. The Hall–Kier alpha value is -1.11. The zero-order valence-corrected chi connectivity index (χ0v) is 11.9. The van der Waals surface area contributed by atoms with Gasteiger partial charge in [0, 0.05) is 25.8 Å². The van der Waals surface area contributed by atoms with Gasteiger partial charge in [0.25, 0.3) is 0 Å². The number of nitrogens with zero attached hydrogens (tertiary/aromatic N) is 2. The Labute approximate surface area is 119 Å². The molecule has 0 aromatic carbocycles. The average Bonchev–Trinajstić information content (AvgIpc) is 2.86. The molecule has 0 aliphatic carbocycles. The van der Waals surface area contributed by atoms with E-state index in [1.54, 1.807) is 16.9 Å². The average molecular weight is 289 g/mol. The first-order valence-electron chi connectivity index (χ1n) is 6.38. The van der Waals surface area contributed by atoms with Crippen molar-refractivity contribution < 1.29 is 9.53 Å². The van der Waals surface area contributed by atoms with Gasteiger partial charge in [-0.3, -0.25) is 4.79 Å². The second-order valence-corrected chi connectivity index (χ2v) is 4.50. The Morgan fingerprint density at radius 3 is 2.95 bits per heavy atom. The van der Waals surface area contributed by atoms with Gasteiger partial charge in [0.1, 0.15) is 5.82 Å². The van der Waals surface area contributed by atoms with Crippen molar-refractivity contribution in [1.82, 2.24) is 9.78 Å². The van der Waals surface area contributed by atoms with Gasteiger partial charge in [0.2, 0.25) is 5.91 Å². The maximum atomic E-state index is 12.1. The molecule has 1 aromatic rings. The summed E-state index contributed by atoms with van der Waals surface area (Å²) in [7, 11) is 0. The number of hydrogen-bond acceptors (Lipinski definition) is 4. The maximum Gasteiger partial charge on any atom is 0.242 e. The van der Waals surface area contributed by atoms with Gasteiger partial charge >= 0.3 is 0 Å². The van der Waals surface area contributed by atoms with E-state index in [0.717, 1.165) is 19.4 Å². The highest BCUT2D eigenvalue weighted by molar-refractivity contribution is 5.94. The molecule has 0 bridgehead atoms. The van der Waals surface area contributed by atoms with Crippen molar-refractivity contribution in [1.29, 1.82) is 0 Å². The number of aryl methyl sites for hydroxylation is 1. The Balaban J connectivity index is 0.00000180. The molecule has 2 heterocycles. The third kappa shape index (κ3) is 3.92. The summed E-state index contributed by atoms with van der Waals surface area (Å²) in [5, 5.41) is 6.93. The lowest BCUT2D eigenvalue weighted by Crippen LogP contribution is -2.44. The fraction of sp³-hybridized carbons (Fsp3) is 0.667. The fourth-order valence-corrected chi connectivity index (χ4v) is 2.19. The summed E-state index contributed by atoms with van der Waals surface area (Å²) in [6, 6.07) is 1.30. The number of carbonyl (C=O) groups is 1. The Morgan fingerprint density at radius 1 is 1.63 bits per heavy atom. The van der Waals surface area contributed by atoms with E-state index < -0.39 is 6.04 Å². The van der Waals surface area contributed by atoms with Crippen molar-refractivity contribution in [3.05, 3.63) is 12.3 Å². The molecule has 0 saturated carbocycles. The summed E-state index contributed by atoms with van der Waals surface area (Å²) >= 11 is 0. The Bertz CT molecular complexity index is 404. The first kappa shape index (κ1) is 15.9. The number of amides is 1. The molecule has 1 aliphatic rings. The molecule has 1 fully saturated rings. The van der Waals surface area contributed by atoms with Gasteiger partial charge in [-0.05, 0) is 25.7 Å². The summed E-state index contributed by atoms with van der Waals surface area (Å²) < 4.78 is 7.00. The molecule has 1 aliphatic heterocycles. The number of hydrogen-bond donors (Lipinski definition) is 2. The van der Waals surface area contributed by atoms with Crippen LogP contribution in [0.4, 0.5) is 5.82 Å². The second kappa shape index (κ2) is 7.47. The van der Waals surface area contributed by atoms with Crippen LogP contribution < -0.4 is 11.1 Å². The smallest absolute Gasteiger partial charge is 0.242 e. The van der Waals surface area contributed by atoms with E-state index in [0.29, 0.717) is 19.0 Å². The van der Waals surface area contributed by atoms with Crippen molar-refractivity contribution in [3.8, 4) is 0 Å². The molecule has 1 atom stereocenters. The summed E-state index contributed by atoms with van der Waals surface area (Å²) in [4.78, 5) is 12.1. The van der Waals surface area contributed by atoms with Crippen LogP contribution >= 0.6 is 12.4 Å². The quantitative estimate of drug-likeness (QED) is 0.866. The molecule has 1 unspecified atom stereocenters. The molecule has 6 nitrogen and oxygen atoms in total. The van der Waals surface area contributed by atoms with E-state index in [1.807, 2.05) is 6.92 Å². The van der Waals surface area contributed by atoms with E-state index in [9.17, 15) is 4.79 Å². The predicted octanol–water partition coefficient (Wildman–Crippen LogP) is 1.02. The Morgan fingerprint density at radius 2 is 2.32 bits per heavy atom. The third-order valence-electron chi connectivity index (χ3n) is 3.34. The van der Waals surface area contributed by atoms with Crippen LogP contribution in [0.1, 0.15) is 19.8 Å². The lowest BCUT2D eigenvalue weighted by Gasteiger charge is -2.26. The molecular formula is C12H21ClN4O2. The summed E-state index contributed by atoms with van der Waals surface area (Å²) in [5.41, 5.74) is 6.00. The van der Waals surface area contributed by atoms with Crippen LogP contribution in [0.3, 0.4) is 0 Å². The van der Waals surface area contributed by atoms with E-state index >= 15 is 0 Å².